The average Bonchev–Trinajstić information content (AvgIpc) is 3.59. The molecular formula is C39H50N3O7S+. The smallest absolute Gasteiger partial charge is 0.444 e. The van der Waals surface area contributed by atoms with Gasteiger partial charge in [-0.15, -0.1) is 11.3 Å². The Balaban J connectivity index is 1.14. The number of likely N-dealkylation sites (tertiary alicyclic amines) is 2. The maximum absolute atomic E-state index is 14.1. The number of thiophene rings is 1. The van der Waals surface area contributed by atoms with Crippen LogP contribution in [0, 0.1) is 5.41 Å². The predicted molar refractivity (Wildman–Crippen MR) is 195 cm³/mol. The topological polar surface area (TPSA) is 122 Å². The molecule has 3 aliphatic rings. The zero-order valence-corrected chi connectivity index (χ0v) is 30.6. The predicted octanol–water partition coefficient (Wildman–Crippen LogP) is 7.36. The minimum Gasteiger partial charge on any atom is -0.444 e. The van der Waals surface area contributed by atoms with Gasteiger partial charge in [0.15, 0.2) is 11.9 Å². The van der Waals surface area contributed by atoms with Gasteiger partial charge in [-0.2, -0.15) is 0 Å². The van der Waals surface area contributed by atoms with Crippen molar-refractivity contribution in [2.75, 3.05) is 31.5 Å². The lowest BCUT2D eigenvalue weighted by Crippen LogP contribution is -2.53. The number of anilines is 1. The number of carbonyl (C=O) groups excluding carboxylic acids is 3. The van der Waals surface area contributed by atoms with Gasteiger partial charge in [0.1, 0.15) is 16.0 Å². The van der Waals surface area contributed by atoms with Crippen LogP contribution in [-0.2, 0) is 20.8 Å². The third kappa shape index (κ3) is 8.39. The van der Waals surface area contributed by atoms with Gasteiger partial charge in [0.25, 0.3) is 5.91 Å². The third-order valence-corrected chi connectivity index (χ3v) is 10.9. The molecule has 10 nitrogen and oxygen atoms in total. The maximum Gasteiger partial charge on any atom is 0.491 e. The largest absolute Gasteiger partial charge is 0.491 e. The van der Waals surface area contributed by atoms with E-state index in [0.717, 1.165) is 61.2 Å². The Morgan fingerprint density at radius 2 is 1.78 bits per heavy atom. The first-order chi connectivity index (χ1) is 23.7. The van der Waals surface area contributed by atoms with Crippen LogP contribution in [-0.4, -0.2) is 81.1 Å². The molecule has 6 rings (SSSR count). The van der Waals surface area contributed by atoms with E-state index in [4.69, 9.17) is 14.2 Å². The number of esters is 1. The number of ether oxygens (including phenoxy) is 3. The number of hydrogen-bond donors (Lipinski definition) is 2. The van der Waals surface area contributed by atoms with Crippen LogP contribution in [0.1, 0.15) is 94.5 Å². The summed E-state index contributed by atoms with van der Waals surface area (Å²) in [5.74, 6) is 0.0469. The number of aliphatic hydroxyl groups is 1. The number of nitrogens with zero attached hydrogens (tertiary/aromatic N) is 2. The van der Waals surface area contributed by atoms with E-state index in [-0.39, 0.29) is 29.5 Å². The van der Waals surface area contributed by atoms with E-state index < -0.39 is 18.0 Å². The normalized spacial score (nSPS) is 22.0. The quantitative estimate of drug-likeness (QED) is 0.143. The standard InChI is InChI=1S/C39H49N3O7S/c1-37(2,3)49-36(46)40-32-30(22-31(50-32)27-12-14-28(15-13-27)34(44)47-23-26-10-7-6-8-11-26)33(43)41-20-16-29(17-21-41)42-19-9-18-39(25-42)24-38(4,5)48-35(39)45/h6-8,10-15,22,29,34,44H,9,16-21,23-25H2,1-5H3,(H,40,46)/p+1. The maximum atomic E-state index is 14.1. The first-order valence-corrected chi connectivity index (χ1v) is 18.4. The molecule has 11 heteroatoms. The van der Waals surface area contributed by atoms with Crippen molar-refractivity contribution < 1.29 is 33.7 Å². The molecule has 4 heterocycles. The fraction of sp³-hybridized carbons (Fsp3) is 0.513. The van der Waals surface area contributed by atoms with E-state index in [2.05, 4.69) is 10.2 Å². The molecule has 0 radical (unpaired) electrons. The molecule has 3 fully saturated rings. The lowest BCUT2D eigenvalue weighted by molar-refractivity contribution is -0.111. The summed E-state index contributed by atoms with van der Waals surface area (Å²) in [6.45, 7) is 12.7. The highest BCUT2D eigenvalue weighted by atomic mass is 32.1. The van der Waals surface area contributed by atoms with Crippen molar-refractivity contribution in [3.05, 3.63) is 77.4 Å². The summed E-state index contributed by atoms with van der Waals surface area (Å²) in [5, 5.41) is 13.9. The van der Waals surface area contributed by atoms with E-state index in [1.807, 2.05) is 67.3 Å². The molecule has 3 aromatic rings. The van der Waals surface area contributed by atoms with E-state index in [9.17, 15) is 19.5 Å². The second-order valence-corrected chi connectivity index (χ2v) is 16.5. The molecule has 2 amide bonds. The lowest BCUT2D eigenvalue weighted by Gasteiger charge is -2.43. The number of benzene rings is 2. The van der Waals surface area contributed by atoms with Gasteiger partial charge >= 0.3 is 12.1 Å². The molecule has 1 aromatic heterocycles. The Hall–Kier alpha value is -3.77. The Morgan fingerprint density at radius 3 is 2.42 bits per heavy atom. The van der Waals surface area contributed by atoms with Crippen molar-refractivity contribution in [2.24, 2.45) is 5.41 Å². The fourth-order valence-corrected chi connectivity index (χ4v) is 8.58. The number of cyclic esters (lactones) is 1. The molecule has 0 saturated carbocycles. The van der Waals surface area contributed by atoms with Crippen LogP contribution in [0.5, 0.6) is 0 Å². The number of nitrogens with one attached hydrogen (secondary N) is 1. The summed E-state index contributed by atoms with van der Waals surface area (Å²) < 4.78 is 17.1. The van der Waals surface area contributed by atoms with Gasteiger partial charge in [-0.05, 0) is 70.2 Å². The summed E-state index contributed by atoms with van der Waals surface area (Å²) in [5.41, 5.74) is 1.46. The molecule has 268 valence electrons. The van der Waals surface area contributed by atoms with Gasteiger partial charge in [-0.3, -0.25) is 15.0 Å². The van der Waals surface area contributed by atoms with Crippen molar-refractivity contribution >= 4 is 34.3 Å². The van der Waals surface area contributed by atoms with Gasteiger partial charge in [-0.25, -0.2) is 4.79 Å². The second-order valence-electron chi connectivity index (χ2n) is 15.5. The Morgan fingerprint density at radius 1 is 1.08 bits per heavy atom. The Bertz CT molecular complexity index is 1680. The monoisotopic (exact) mass is 704 g/mol. The first-order valence-electron chi connectivity index (χ1n) is 17.6. The SMILES string of the molecule is CC(C)(C)OC(=O)Nc1sc(-c2ccc(C(O)OCc3ccccc3)cc2)cc1C(=O)N1CCC(N2CCCC3(C2)CC(C)(C)OC3=[OH+])CC1. The average molecular weight is 705 g/mol. The number of carbonyl (C=O) groups is 2. The number of rotatable bonds is 8. The van der Waals surface area contributed by atoms with Crippen molar-refractivity contribution in [1.82, 2.24) is 9.80 Å². The Kier molecular flexibility index (Phi) is 10.4. The van der Waals surface area contributed by atoms with Crippen molar-refractivity contribution in [3.63, 3.8) is 0 Å². The molecule has 0 bridgehead atoms. The number of hydrogen-bond acceptors (Lipinski definition) is 8. The van der Waals surface area contributed by atoms with Crippen molar-refractivity contribution in [2.45, 2.75) is 96.9 Å². The number of amides is 2. The molecular weight excluding hydrogens is 655 g/mol. The first kappa shape index (κ1) is 36.0. The van der Waals surface area contributed by atoms with E-state index >= 15 is 0 Å². The lowest BCUT2D eigenvalue weighted by atomic mass is 9.74. The van der Waals surface area contributed by atoms with Crippen LogP contribution >= 0.6 is 11.3 Å². The molecule has 2 unspecified atom stereocenters. The Labute approximate surface area is 298 Å². The molecule has 1 spiro atoms. The van der Waals surface area contributed by atoms with E-state index in [1.54, 1.807) is 32.9 Å². The fourth-order valence-electron chi connectivity index (χ4n) is 7.54. The summed E-state index contributed by atoms with van der Waals surface area (Å²) >= 11 is 1.32. The summed E-state index contributed by atoms with van der Waals surface area (Å²) in [6.07, 6.45) is 2.68. The molecule has 0 aliphatic carbocycles. The van der Waals surface area contributed by atoms with Crippen LogP contribution in [0.3, 0.4) is 0 Å². The number of aliphatic hydroxyl groups excluding tert-OH is 1. The highest BCUT2D eigenvalue weighted by Crippen LogP contribution is 2.47. The van der Waals surface area contributed by atoms with Gasteiger partial charge in [0.2, 0.25) is 0 Å². The summed E-state index contributed by atoms with van der Waals surface area (Å²) in [7, 11) is 0. The van der Waals surface area contributed by atoms with Crippen LogP contribution in [0.4, 0.5) is 9.80 Å². The highest BCUT2D eigenvalue weighted by molar-refractivity contribution is 7.20. The molecule has 3 N–H and O–H groups in total. The van der Waals surface area contributed by atoms with Crippen LogP contribution in [0.2, 0.25) is 0 Å². The van der Waals surface area contributed by atoms with E-state index in [1.165, 1.54) is 11.3 Å². The molecule has 2 aromatic carbocycles. The van der Waals surface area contributed by atoms with Crippen LogP contribution in [0.25, 0.3) is 10.4 Å². The number of piperidine rings is 2. The van der Waals surface area contributed by atoms with Gasteiger partial charge in [-0.1, -0.05) is 54.6 Å². The van der Waals surface area contributed by atoms with E-state index in [0.29, 0.717) is 35.3 Å². The van der Waals surface area contributed by atoms with Gasteiger partial charge < -0.3 is 29.0 Å². The molecule has 2 atom stereocenters. The van der Waals surface area contributed by atoms with Crippen molar-refractivity contribution in [1.29, 1.82) is 0 Å². The second kappa shape index (κ2) is 14.5. The van der Waals surface area contributed by atoms with Crippen molar-refractivity contribution in [3.8, 4) is 10.4 Å². The van der Waals surface area contributed by atoms with Gasteiger partial charge in [0, 0.05) is 56.4 Å². The molecule has 3 saturated heterocycles. The summed E-state index contributed by atoms with van der Waals surface area (Å²) in [6, 6.07) is 19.2. The molecule has 50 heavy (non-hydrogen) atoms. The van der Waals surface area contributed by atoms with Crippen LogP contribution in [0.15, 0.2) is 60.7 Å². The zero-order valence-electron chi connectivity index (χ0n) is 29.7. The minimum absolute atomic E-state index is 0.134. The third-order valence-electron chi connectivity index (χ3n) is 9.77. The minimum atomic E-state index is -1.09. The zero-order chi connectivity index (χ0) is 35.7. The van der Waals surface area contributed by atoms with Crippen LogP contribution < -0.4 is 5.32 Å². The van der Waals surface area contributed by atoms with Gasteiger partial charge in [0.05, 0.1) is 12.2 Å². The highest BCUT2D eigenvalue weighted by Gasteiger charge is 2.61. The summed E-state index contributed by atoms with van der Waals surface area (Å²) in [4.78, 5) is 42.9. The molecule has 3 aliphatic heterocycles.